The quantitative estimate of drug-likeness (QED) is 0.732. The van der Waals surface area contributed by atoms with Gasteiger partial charge >= 0.3 is 0 Å². The average molecular weight is 366 g/mol. The summed E-state index contributed by atoms with van der Waals surface area (Å²) < 4.78 is 0. The summed E-state index contributed by atoms with van der Waals surface area (Å²) in [4.78, 5) is 13.6. The van der Waals surface area contributed by atoms with Crippen molar-refractivity contribution in [2.75, 3.05) is 18.0 Å². The van der Waals surface area contributed by atoms with E-state index in [0.717, 1.165) is 32.6 Å². The Bertz CT molecular complexity index is 790. The van der Waals surface area contributed by atoms with E-state index in [1.165, 1.54) is 28.8 Å². The second-order valence-corrected chi connectivity index (χ2v) is 8.68. The maximum absolute atomic E-state index is 11.2. The van der Waals surface area contributed by atoms with E-state index in [9.17, 15) is 4.79 Å². The first-order chi connectivity index (χ1) is 12.8. The number of carbonyl (C=O) groups excluding carboxylic acids is 1. The van der Waals surface area contributed by atoms with Crippen molar-refractivity contribution in [3.05, 3.63) is 64.7 Å². The van der Waals surface area contributed by atoms with E-state index in [1.807, 2.05) is 12.1 Å². The van der Waals surface area contributed by atoms with Gasteiger partial charge in [0.05, 0.1) is 0 Å². The van der Waals surface area contributed by atoms with Crippen LogP contribution in [0.2, 0.25) is 0 Å². The molecule has 4 heteroatoms. The third kappa shape index (κ3) is 5.33. The van der Waals surface area contributed by atoms with Crippen molar-refractivity contribution in [2.45, 2.75) is 46.7 Å². The third-order valence-corrected chi connectivity index (χ3v) is 5.13. The van der Waals surface area contributed by atoms with Gasteiger partial charge < -0.3 is 16.0 Å². The number of hydrogen-bond acceptors (Lipinski definition) is 3. The molecular formula is C23H31N3O. The first-order valence-corrected chi connectivity index (χ1v) is 9.78. The van der Waals surface area contributed by atoms with E-state index in [-0.39, 0.29) is 5.91 Å². The predicted molar refractivity (Wildman–Crippen MR) is 112 cm³/mol. The van der Waals surface area contributed by atoms with Gasteiger partial charge in [-0.2, -0.15) is 0 Å². The van der Waals surface area contributed by atoms with Crippen LogP contribution in [0.25, 0.3) is 0 Å². The van der Waals surface area contributed by atoms with Crippen molar-refractivity contribution >= 4 is 11.6 Å². The molecule has 2 aromatic rings. The van der Waals surface area contributed by atoms with Gasteiger partial charge in [-0.3, -0.25) is 4.79 Å². The molecule has 0 fully saturated rings. The molecule has 0 aliphatic carbocycles. The normalized spacial score (nSPS) is 13.7. The maximum atomic E-state index is 11.2. The summed E-state index contributed by atoms with van der Waals surface area (Å²) in [6, 6.07) is 14.4. The highest BCUT2D eigenvalue weighted by Crippen LogP contribution is 2.30. The van der Waals surface area contributed by atoms with Crippen molar-refractivity contribution in [3.63, 3.8) is 0 Å². The number of fused-ring (bicyclic) bond motifs is 1. The molecule has 0 atom stereocenters. The van der Waals surface area contributed by atoms with Gasteiger partial charge in [0, 0.05) is 30.9 Å². The summed E-state index contributed by atoms with van der Waals surface area (Å²) in [6.45, 7) is 10.7. The highest BCUT2D eigenvalue weighted by molar-refractivity contribution is 5.92. The zero-order valence-electron chi connectivity index (χ0n) is 16.7. The van der Waals surface area contributed by atoms with Crippen LogP contribution in [-0.4, -0.2) is 19.0 Å². The van der Waals surface area contributed by atoms with Crippen LogP contribution in [0.15, 0.2) is 42.5 Å². The van der Waals surface area contributed by atoms with Crippen LogP contribution >= 0.6 is 0 Å². The van der Waals surface area contributed by atoms with Crippen molar-refractivity contribution < 1.29 is 4.79 Å². The van der Waals surface area contributed by atoms with Crippen LogP contribution in [-0.2, 0) is 19.5 Å². The Kier molecular flexibility index (Phi) is 5.85. The van der Waals surface area contributed by atoms with Gasteiger partial charge in [0.2, 0.25) is 5.91 Å². The number of nitrogens with one attached hydrogen (secondary N) is 1. The molecule has 27 heavy (non-hydrogen) atoms. The van der Waals surface area contributed by atoms with Crippen LogP contribution in [0, 0.1) is 5.41 Å². The van der Waals surface area contributed by atoms with Crippen molar-refractivity contribution in [1.82, 2.24) is 5.32 Å². The number of nitrogens with zero attached hydrogens (tertiary/aromatic N) is 1. The maximum Gasteiger partial charge on any atom is 0.248 e. The molecule has 0 bridgehead atoms. The molecule has 0 saturated heterocycles. The zero-order valence-corrected chi connectivity index (χ0v) is 16.7. The van der Waals surface area contributed by atoms with Crippen LogP contribution < -0.4 is 16.0 Å². The number of hydrogen-bond donors (Lipinski definition) is 2. The predicted octanol–water partition coefficient (Wildman–Crippen LogP) is 3.87. The lowest BCUT2D eigenvalue weighted by Crippen LogP contribution is -2.20. The Morgan fingerprint density at radius 2 is 1.81 bits per heavy atom. The highest BCUT2D eigenvalue weighted by atomic mass is 16.1. The Labute approximate surface area is 162 Å². The largest absolute Gasteiger partial charge is 0.367 e. The van der Waals surface area contributed by atoms with Crippen LogP contribution in [0.3, 0.4) is 0 Å². The van der Waals surface area contributed by atoms with Crippen molar-refractivity contribution in [1.29, 1.82) is 0 Å². The van der Waals surface area contributed by atoms with Crippen LogP contribution in [0.4, 0.5) is 5.69 Å². The van der Waals surface area contributed by atoms with E-state index in [2.05, 4.69) is 49.2 Å². The SMILES string of the molecule is CC(C)(C)CCNCc1ccc2c(c1)CCN2Cc1ccc(C(N)=O)cc1. The van der Waals surface area contributed by atoms with E-state index in [0.29, 0.717) is 11.0 Å². The molecule has 1 aliphatic rings. The minimum absolute atomic E-state index is 0.376. The van der Waals surface area contributed by atoms with Crippen molar-refractivity contribution in [2.24, 2.45) is 11.1 Å². The fraction of sp³-hybridized carbons (Fsp3) is 0.435. The Hall–Kier alpha value is -2.33. The molecule has 144 valence electrons. The zero-order chi connectivity index (χ0) is 19.4. The standard InChI is InChI=1S/C23H31N3O/c1-23(2,3)11-12-25-15-18-6-9-21-20(14-18)10-13-26(21)16-17-4-7-19(8-5-17)22(24)27/h4-9,14,25H,10-13,15-16H2,1-3H3,(H2,24,27). The monoisotopic (exact) mass is 365 g/mol. The van der Waals surface area contributed by atoms with Gasteiger partial charge in [-0.25, -0.2) is 0 Å². The summed E-state index contributed by atoms with van der Waals surface area (Å²) in [5.74, 6) is -0.378. The van der Waals surface area contributed by atoms with Gasteiger partial charge in [0.1, 0.15) is 0 Å². The molecule has 4 nitrogen and oxygen atoms in total. The Morgan fingerprint density at radius 3 is 2.48 bits per heavy atom. The minimum atomic E-state index is -0.378. The molecule has 3 N–H and O–H groups in total. The first-order valence-electron chi connectivity index (χ1n) is 9.78. The molecule has 1 heterocycles. The summed E-state index contributed by atoms with van der Waals surface area (Å²) in [5, 5.41) is 3.56. The lowest BCUT2D eigenvalue weighted by Gasteiger charge is -2.20. The molecule has 0 aromatic heterocycles. The number of benzene rings is 2. The number of amides is 1. The lowest BCUT2D eigenvalue weighted by molar-refractivity contribution is 0.100. The molecular weight excluding hydrogens is 334 g/mol. The fourth-order valence-corrected chi connectivity index (χ4v) is 3.49. The van der Waals surface area contributed by atoms with Crippen LogP contribution in [0.1, 0.15) is 54.2 Å². The Morgan fingerprint density at radius 1 is 1.11 bits per heavy atom. The highest BCUT2D eigenvalue weighted by Gasteiger charge is 2.19. The second-order valence-electron chi connectivity index (χ2n) is 8.68. The van der Waals surface area contributed by atoms with E-state index < -0.39 is 0 Å². The number of rotatable bonds is 7. The van der Waals surface area contributed by atoms with Crippen molar-refractivity contribution in [3.8, 4) is 0 Å². The number of carbonyl (C=O) groups is 1. The smallest absolute Gasteiger partial charge is 0.248 e. The third-order valence-electron chi connectivity index (χ3n) is 5.13. The minimum Gasteiger partial charge on any atom is -0.367 e. The molecule has 0 spiro atoms. The van der Waals surface area contributed by atoms with E-state index in [1.54, 1.807) is 12.1 Å². The topological polar surface area (TPSA) is 58.4 Å². The summed E-state index contributed by atoms with van der Waals surface area (Å²) in [6.07, 6.45) is 2.27. The molecule has 1 amide bonds. The molecule has 1 aliphatic heterocycles. The first kappa shape index (κ1) is 19.4. The molecule has 0 radical (unpaired) electrons. The lowest BCUT2D eigenvalue weighted by atomic mass is 9.92. The van der Waals surface area contributed by atoms with Crippen LogP contribution in [0.5, 0.6) is 0 Å². The van der Waals surface area contributed by atoms with Gasteiger partial charge in [-0.15, -0.1) is 0 Å². The van der Waals surface area contributed by atoms with Gasteiger partial charge in [0.15, 0.2) is 0 Å². The average Bonchev–Trinajstić information content (AvgIpc) is 3.00. The van der Waals surface area contributed by atoms with Gasteiger partial charge in [0.25, 0.3) is 0 Å². The van der Waals surface area contributed by atoms with Gasteiger partial charge in [-0.1, -0.05) is 45.0 Å². The summed E-state index contributed by atoms with van der Waals surface area (Å²) >= 11 is 0. The number of anilines is 1. The molecule has 3 rings (SSSR count). The fourth-order valence-electron chi connectivity index (χ4n) is 3.49. The molecule has 2 aromatic carbocycles. The van der Waals surface area contributed by atoms with E-state index >= 15 is 0 Å². The second kappa shape index (κ2) is 8.13. The summed E-state index contributed by atoms with van der Waals surface area (Å²) in [7, 11) is 0. The Balaban J connectivity index is 1.58. The van der Waals surface area contributed by atoms with Gasteiger partial charge in [-0.05, 0) is 59.7 Å². The van der Waals surface area contributed by atoms with E-state index in [4.69, 9.17) is 5.73 Å². The number of primary amides is 1. The molecule has 0 unspecified atom stereocenters. The summed E-state index contributed by atoms with van der Waals surface area (Å²) in [5.41, 5.74) is 11.6. The number of nitrogens with two attached hydrogens (primary N) is 1. The molecule has 0 saturated carbocycles.